The zero-order valence-electron chi connectivity index (χ0n) is 17.8. The molecule has 10 nitrogen and oxygen atoms in total. The number of benzene rings is 1. The molecule has 1 aromatic carbocycles. The van der Waals surface area contributed by atoms with Crippen LogP contribution in [0.25, 0.3) is 0 Å². The molecule has 0 spiro atoms. The monoisotopic (exact) mass is 421 g/mol. The van der Waals surface area contributed by atoms with E-state index in [0.29, 0.717) is 5.75 Å². The maximum atomic E-state index is 12.3. The molecule has 2 rings (SSSR count). The average Bonchev–Trinajstić information content (AvgIpc) is 3.01. The number of nitrogens with zero attached hydrogens (tertiary/aromatic N) is 2. The highest BCUT2D eigenvalue weighted by Gasteiger charge is 2.26. The summed E-state index contributed by atoms with van der Waals surface area (Å²) in [5.74, 6) is -0.818. The third kappa shape index (κ3) is 6.94. The van der Waals surface area contributed by atoms with Crippen molar-refractivity contribution in [3.8, 4) is 5.75 Å². The second kappa shape index (κ2) is 9.95. The number of ether oxygens (including phenoxy) is 3. The third-order valence-corrected chi connectivity index (χ3v) is 3.79. The lowest BCUT2D eigenvalue weighted by molar-refractivity contribution is -0.144. The highest BCUT2D eigenvalue weighted by atomic mass is 16.6. The molecule has 0 unspecified atom stereocenters. The Balaban J connectivity index is 2.26. The first-order valence-electron chi connectivity index (χ1n) is 9.47. The van der Waals surface area contributed by atoms with Gasteiger partial charge in [0.25, 0.3) is 0 Å². The molecule has 0 saturated carbocycles. The van der Waals surface area contributed by atoms with Gasteiger partial charge in [0.05, 0.1) is 13.7 Å². The summed E-state index contributed by atoms with van der Waals surface area (Å²) in [6.07, 6.45) is -0.425. The summed E-state index contributed by atoms with van der Waals surface area (Å²) >= 11 is 0. The van der Waals surface area contributed by atoms with E-state index in [2.05, 4.69) is 10.4 Å². The lowest BCUT2D eigenvalue weighted by atomic mass is 10.1. The van der Waals surface area contributed by atoms with Gasteiger partial charge >= 0.3 is 17.8 Å². The molecule has 0 saturated heterocycles. The molecule has 0 fully saturated rings. The van der Waals surface area contributed by atoms with Crippen LogP contribution in [-0.2, 0) is 27.2 Å². The number of hydrogen-bond donors (Lipinski definition) is 1. The largest absolute Gasteiger partial charge is 0.497 e. The Kier molecular flexibility index (Phi) is 7.62. The lowest BCUT2D eigenvalue weighted by Crippen LogP contribution is -2.36. The van der Waals surface area contributed by atoms with Crippen LogP contribution in [0.4, 0.5) is 4.79 Å². The van der Waals surface area contributed by atoms with Crippen molar-refractivity contribution in [2.45, 2.75) is 52.3 Å². The Labute approximate surface area is 174 Å². The summed E-state index contributed by atoms with van der Waals surface area (Å²) in [5, 5.41) is 6.72. The van der Waals surface area contributed by atoms with Crippen LogP contribution in [0.2, 0.25) is 0 Å². The van der Waals surface area contributed by atoms with Crippen molar-refractivity contribution in [1.82, 2.24) is 15.1 Å². The van der Waals surface area contributed by atoms with E-state index >= 15 is 0 Å². The fourth-order valence-corrected chi connectivity index (χ4v) is 2.54. The lowest BCUT2D eigenvalue weighted by Gasteiger charge is -2.22. The van der Waals surface area contributed by atoms with Gasteiger partial charge in [0.15, 0.2) is 0 Å². The Morgan fingerprint density at radius 3 is 2.47 bits per heavy atom. The molecule has 0 aliphatic carbocycles. The number of amides is 1. The van der Waals surface area contributed by atoms with E-state index in [1.807, 2.05) is 12.1 Å². The van der Waals surface area contributed by atoms with Crippen LogP contribution < -0.4 is 15.8 Å². The van der Waals surface area contributed by atoms with E-state index in [1.54, 1.807) is 46.9 Å². The number of aromatic nitrogens is 2. The fourth-order valence-electron chi connectivity index (χ4n) is 2.54. The summed E-state index contributed by atoms with van der Waals surface area (Å²) in [6, 6.07) is 6.38. The van der Waals surface area contributed by atoms with Crippen molar-refractivity contribution in [1.29, 1.82) is 0 Å². The van der Waals surface area contributed by atoms with Gasteiger partial charge in [-0.2, -0.15) is 4.68 Å². The summed E-state index contributed by atoms with van der Waals surface area (Å²) in [7, 11) is 1.56. The number of hydrogen-bond acceptors (Lipinski definition) is 8. The molecule has 0 bridgehead atoms. The minimum absolute atomic E-state index is 0.0500. The maximum absolute atomic E-state index is 12.3. The third-order valence-electron chi connectivity index (χ3n) is 3.79. The molecule has 1 atom stereocenters. The normalized spacial score (nSPS) is 12.2. The number of carbonyl (C=O) groups excluding carboxylic acids is 2. The van der Waals surface area contributed by atoms with Crippen LogP contribution >= 0.6 is 0 Å². The van der Waals surface area contributed by atoms with Gasteiger partial charge in [-0.15, -0.1) is 5.10 Å². The Bertz CT molecular complexity index is 910. The minimum atomic E-state index is -0.830. The SMILES string of the molecule is CCOC(=O)Cn1nc([C@H](Cc2ccc(OC)cc2)NC(=O)OC(C)(C)C)oc1=O. The fraction of sp³-hybridized carbons (Fsp3) is 0.500. The minimum Gasteiger partial charge on any atom is -0.497 e. The van der Waals surface area contributed by atoms with Crippen LogP contribution in [0.3, 0.4) is 0 Å². The van der Waals surface area contributed by atoms with Gasteiger partial charge in [-0.05, 0) is 45.4 Å². The van der Waals surface area contributed by atoms with E-state index in [4.69, 9.17) is 18.6 Å². The van der Waals surface area contributed by atoms with Gasteiger partial charge < -0.3 is 23.9 Å². The van der Waals surface area contributed by atoms with Crippen molar-refractivity contribution in [2.75, 3.05) is 13.7 Å². The molecule has 164 valence electrons. The van der Waals surface area contributed by atoms with Gasteiger partial charge in [-0.25, -0.2) is 9.59 Å². The molecule has 1 N–H and O–H groups in total. The zero-order chi connectivity index (χ0) is 22.3. The van der Waals surface area contributed by atoms with Crippen molar-refractivity contribution in [2.24, 2.45) is 0 Å². The quantitative estimate of drug-likeness (QED) is 0.644. The molecule has 0 aliphatic heterocycles. The predicted octanol–water partition coefficient (Wildman–Crippen LogP) is 2.22. The van der Waals surface area contributed by atoms with Crippen molar-refractivity contribution >= 4 is 12.1 Å². The number of nitrogens with one attached hydrogen (secondary N) is 1. The van der Waals surface area contributed by atoms with Crippen LogP contribution in [0, 0.1) is 0 Å². The Morgan fingerprint density at radius 1 is 1.23 bits per heavy atom. The van der Waals surface area contributed by atoms with Crippen molar-refractivity contribution < 1.29 is 28.2 Å². The van der Waals surface area contributed by atoms with E-state index in [9.17, 15) is 14.4 Å². The second-order valence-corrected chi connectivity index (χ2v) is 7.42. The summed E-state index contributed by atoms with van der Waals surface area (Å²) in [5.41, 5.74) is 0.123. The Hall–Kier alpha value is -3.30. The molecule has 30 heavy (non-hydrogen) atoms. The highest BCUT2D eigenvalue weighted by Crippen LogP contribution is 2.20. The standard InChI is InChI=1S/C20H27N3O7/c1-6-28-16(24)12-23-19(26)29-17(22-23)15(21-18(25)30-20(2,3)4)11-13-7-9-14(27-5)10-8-13/h7-10,15H,6,11-12H2,1-5H3,(H,21,25)/t15-/m0/s1. The maximum Gasteiger partial charge on any atom is 0.437 e. The van der Waals surface area contributed by atoms with Crippen LogP contribution in [0.1, 0.15) is 45.2 Å². The molecule has 1 heterocycles. The molecular weight excluding hydrogens is 394 g/mol. The van der Waals surface area contributed by atoms with E-state index in [0.717, 1.165) is 10.2 Å². The van der Waals surface area contributed by atoms with E-state index in [1.165, 1.54) is 0 Å². The van der Waals surface area contributed by atoms with Crippen molar-refractivity contribution in [3.05, 3.63) is 46.3 Å². The number of esters is 1. The number of methoxy groups -OCH3 is 1. The topological polar surface area (TPSA) is 122 Å². The van der Waals surface area contributed by atoms with E-state index < -0.39 is 36.0 Å². The molecule has 1 amide bonds. The van der Waals surface area contributed by atoms with Crippen LogP contribution in [0.5, 0.6) is 5.75 Å². The molecule has 0 radical (unpaired) electrons. The van der Waals surface area contributed by atoms with Crippen molar-refractivity contribution in [3.63, 3.8) is 0 Å². The first-order valence-corrected chi connectivity index (χ1v) is 9.47. The average molecular weight is 421 g/mol. The number of carbonyl (C=O) groups is 2. The first kappa shape index (κ1) is 23.0. The molecule has 1 aromatic heterocycles. The second-order valence-electron chi connectivity index (χ2n) is 7.42. The van der Waals surface area contributed by atoms with Gasteiger partial charge in [-0.1, -0.05) is 12.1 Å². The van der Waals surface area contributed by atoms with E-state index in [-0.39, 0.29) is 18.9 Å². The zero-order valence-corrected chi connectivity index (χ0v) is 17.8. The van der Waals surface area contributed by atoms with Gasteiger partial charge in [0, 0.05) is 6.42 Å². The van der Waals surface area contributed by atoms with Crippen LogP contribution in [0.15, 0.2) is 33.5 Å². The number of alkyl carbamates (subject to hydrolysis) is 1. The predicted molar refractivity (Wildman–Crippen MR) is 106 cm³/mol. The molecule has 10 heteroatoms. The summed E-state index contributed by atoms with van der Waals surface area (Å²) in [6.45, 7) is 6.65. The Morgan fingerprint density at radius 2 is 1.90 bits per heavy atom. The summed E-state index contributed by atoms with van der Waals surface area (Å²) in [4.78, 5) is 36.1. The summed E-state index contributed by atoms with van der Waals surface area (Å²) < 4.78 is 21.3. The molecular formula is C20H27N3O7. The first-order chi connectivity index (χ1) is 14.1. The molecule has 2 aromatic rings. The smallest absolute Gasteiger partial charge is 0.437 e. The van der Waals surface area contributed by atoms with Gasteiger partial charge in [-0.3, -0.25) is 4.79 Å². The number of rotatable bonds is 8. The van der Waals surface area contributed by atoms with Gasteiger partial charge in [0.2, 0.25) is 5.89 Å². The van der Waals surface area contributed by atoms with Crippen LogP contribution in [-0.4, -0.2) is 41.2 Å². The van der Waals surface area contributed by atoms with Gasteiger partial charge in [0.1, 0.15) is 23.9 Å². The molecule has 0 aliphatic rings. The highest BCUT2D eigenvalue weighted by molar-refractivity contribution is 5.69.